The summed E-state index contributed by atoms with van der Waals surface area (Å²) >= 11 is 5.74. The Morgan fingerprint density at radius 3 is 2.54 bits per heavy atom. The fourth-order valence-corrected chi connectivity index (χ4v) is 1.61. The lowest BCUT2D eigenvalue weighted by molar-refractivity contribution is 0.149. The predicted octanol–water partition coefficient (Wildman–Crippen LogP) is 3.82. The lowest BCUT2D eigenvalue weighted by Crippen LogP contribution is -1.97. The van der Waals surface area contributed by atoms with E-state index in [1.807, 2.05) is 0 Å². The number of nitrogens with zero attached hydrogens (tertiary/aromatic N) is 1. The fraction of sp³-hybridized carbons (Fsp3) is 0.286. The fourth-order valence-electron chi connectivity index (χ4n) is 0.776. The molecule has 0 saturated heterocycles. The van der Waals surface area contributed by atoms with E-state index in [4.69, 9.17) is 0 Å². The molecule has 0 atom stereocenters. The van der Waals surface area contributed by atoms with Gasteiger partial charge in [0, 0.05) is 10.9 Å². The second-order valence-electron chi connectivity index (χ2n) is 2.25. The minimum atomic E-state index is -2.65. The number of pyridine rings is 1. The second-order valence-corrected chi connectivity index (χ2v) is 3.56. The highest BCUT2D eigenvalue weighted by Gasteiger charge is 2.16. The molecule has 0 amide bonds. The second kappa shape index (κ2) is 4.41. The van der Waals surface area contributed by atoms with Crippen molar-refractivity contribution in [1.29, 1.82) is 0 Å². The molecule has 0 aliphatic carbocycles. The van der Waals surface area contributed by atoms with Crippen LogP contribution in [0.5, 0.6) is 0 Å². The summed E-state index contributed by atoms with van der Waals surface area (Å²) in [6.45, 7) is 0. The van der Waals surface area contributed by atoms with Crippen molar-refractivity contribution in [1.82, 2.24) is 4.98 Å². The molecule has 0 aliphatic rings. The number of hydrogen-bond donors (Lipinski definition) is 0. The Labute approximate surface area is 89.6 Å². The first-order chi connectivity index (χ1) is 6.06. The lowest BCUT2D eigenvalue weighted by atomic mass is 10.2. The third-order valence-electron chi connectivity index (χ3n) is 1.41. The van der Waals surface area contributed by atoms with Gasteiger partial charge in [-0.1, -0.05) is 15.9 Å². The Morgan fingerprint density at radius 2 is 2.08 bits per heavy atom. The largest absolute Gasteiger partial charge is 0.266 e. The highest BCUT2D eigenvalue weighted by atomic mass is 79.9. The van der Waals surface area contributed by atoms with E-state index in [0.29, 0.717) is 0 Å². The van der Waals surface area contributed by atoms with Gasteiger partial charge in [0.1, 0.15) is 4.60 Å². The van der Waals surface area contributed by atoms with E-state index < -0.39 is 12.4 Å². The molecule has 0 spiro atoms. The lowest BCUT2D eigenvalue weighted by Gasteiger charge is -2.05. The molecule has 1 aromatic rings. The molecular formula is C7H4Br2F3N. The average molecular weight is 319 g/mol. The smallest absolute Gasteiger partial charge is 0.212 e. The molecule has 0 N–H and O–H groups in total. The Balaban J connectivity index is 3.22. The van der Waals surface area contributed by atoms with Gasteiger partial charge >= 0.3 is 0 Å². The first-order valence-electron chi connectivity index (χ1n) is 3.25. The Kier molecular flexibility index (Phi) is 3.73. The van der Waals surface area contributed by atoms with Crippen LogP contribution in [0.15, 0.2) is 10.7 Å². The SMILES string of the molecule is Fc1nc(Br)c(C(F)F)cc1CBr. The van der Waals surface area contributed by atoms with Crippen molar-refractivity contribution >= 4 is 31.9 Å². The van der Waals surface area contributed by atoms with Crippen molar-refractivity contribution in [2.24, 2.45) is 0 Å². The molecule has 6 heteroatoms. The molecule has 1 rings (SSSR count). The normalized spacial score (nSPS) is 10.9. The highest BCUT2D eigenvalue weighted by Crippen LogP contribution is 2.28. The van der Waals surface area contributed by atoms with E-state index >= 15 is 0 Å². The van der Waals surface area contributed by atoms with E-state index in [9.17, 15) is 13.2 Å². The summed E-state index contributed by atoms with van der Waals surface area (Å²) in [5.41, 5.74) is -0.172. The summed E-state index contributed by atoms with van der Waals surface area (Å²) < 4.78 is 37.3. The molecule has 1 aromatic heterocycles. The topological polar surface area (TPSA) is 12.9 Å². The van der Waals surface area contributed by atoms with Crippen LogP contribution in [0.2, 0.25) is 0 Å². The van der Waals surface area contributed by atoms with Gasteiger partial charge in [-0.15, -0.1) is 0 Å². The van der Waals surface area contributed by atoms with Gasteiger partial charge in [0.15, 0.2) is 0 Å². The van der Waals surface area contributed by atoms with Crippen molar-refractivity contribution in [3.05, 3.63) is 27.7 Å². The maximum atomic E-state index is 12.9. The number of rotatable bonds is 2. The van der Waals surface area contributed by atoms with Gasteiger partial charge in [-0.3, -0.25) is 0 Å². The van der Waals surface area contributed by atoms with E-state index in [2.05, 4.69) is 36.8 Å². The third-order valence-corrected chi connectivity index (χ3v) is 2.65. The van der Waals surface area contributed by atoms with Gasteiger partial charge in [0.05, 0.1) is 5.56 Å². The molecule has 0 saturated carbocycles. The van der Waals surface area contributed by atoms with Gasteiger partial charge in [0.2, 0.25) is 5.95 Å². The standard InChI is InChI=1S/C7H4Br2F3N/c8-2-3-1-4(6(10)11)5(9)13-7(3)12/h1,6H,2H2. The van der Waals surface area contributed by atoms with Crippen LogP contribution in [0, 0.1) is 5.95 Å². The van der Waals surface area contributed by atoms with E-state index in [-0.39, 0.29) is 21.1 Å². The zero-order valence-corrected chi connectivity index (χ0v) is 9.37. The van der Waals surface area contributed by atoms with Gasteiger partial charge < -0.3 is 0 Å². The van der Waals surface area contributed by atoms with Gasteiger partial charge in [-0.05, 0) is 22.0 Å². The molecule has 72 valence electrons. The molecule has 1 nitrogen and oxygen atoms in total. The molecule has 0 aromatic carbocycles. The summed E-state index contributed by atoms with van der Waals surface area (Å²) in [6, 6.07) is 1.09. The predicted molar refractivity (Wildman–Crippen MR) is 49.5 cm³/mol. The van der Waals surface area contributed by atoms with Crippen LogP contribution in [-0.2, 0) is 5.33 Å². The molecular weight excluding hydrogens is 315 g/mol. The van der Waals surface area contributed by atoms with Gasteiger partial charge in [-0.25, -0.2) is 13.8 Å². The quantitative estimate of drug-likeness (QED) is 0.597. The van der Waals surface area contributed by atoms with Crippen molar-refractivity contribution in [2.45, 2.75) is 11.8 Å². The Hall–Kier alpha value is -0.100. The zero-order valence-electron chi connectivity index (χ0n) is 6.20. The number of hydrogen-bond acceptors (Lipinski definition) is 1. The van der Waals surface area contributed by atoms with Gasteiger partial charge in [0.25, 0.3) is 6.43 Å². The van der Waals surface area contributed by atoms with Gasteiger partial charge in [-0.2, -0.15) is 4.39 Å². The summed E-state index contributed by atoms with van der Waals surface area (Å²) in [4.78, 5) is 3.31. The molecule has 0 radical (unpaired) electrons. The molecule has 0 fully saturated rings. The van der Waals surface area contributed by atoms with Crippen LogP contribution in [-0.4, -0.2) is 4.98 Å². The van der Waals surface area contributed by atoms with Crippen LogP contribution >= 0.6 is 31.9 Å². The maximum absolute atomic E-state index is 12.9. The monoisotopic (exact) mass is 317 g/mol. The number of halogens is 5. The summed E-state index contributed by atoms with van der Waals surface area (Å²) in [5.74, 6) is -0.742. The minimum absolute atomic E-state index is 0.124. The number of alkyl halides is 3. The Morgan fingerprint density at radius 1 is 1.46 bits per heavy atom. The molecule has 0 bridgehead atoms. The van der Waals surface area contributed by atoms with Crippen LogP contribution < -0.4 is 0 Å². The Bertz CT molecular complexity index is 317. The zero-order chi connectivity index (χ0) is 10.0. The highest BCUT2D eigenvalue weighted by molar-refractivity contribution is 9.10. The minimum Gasteiger partial charge on any atom is -0.212 e. The van der Waals surface area contributed by atoms with Crippen molar-refractivity contribution in [2.75, 3.05) is 0 Å². The van der Waals surface area contributed by atoms with E-state index in [1.165, 1.54) is 0 Å². The summed E-state index contributed by atoms with van der Waals surface area (Å²) in [5, 5.41) is 0.166. The molecule has 13 heavy (non-hydrogen) atoms. The first-order valence-corrected chi connectivity index (χ1v) is 5.16. The van der Waals surface area contributed by atoms with Crippen molar-refractivity contribution in [3.8, 4) is 0 Å². The summed E-state index contributed by atoms with van der Waals surface area (Å²) in [6.07, 6.45) is -2.65. The van der Waals surface area contributed by atoms with Crippen LogP contribution in [0.4, 0.5) is 13.2 Å². The first kappa shape index (κ1) is 11.0. The van der Waals surface area contributed by atoms with Crippen molar-refractivity contribution in [3.63, 3.8) is 0 Å². The van der Waals surface area contributed by atoms with Crippen molar-refractivity contribution < 1.29 is 13.2 Å². The molecule has 0 aliphatic heterocycles. The van der Waals surface area contributed by atoms with E-state index in [1.54, 1.807) is 0 Å². The number of aromatic nitrogens is 1. The summed E-state index contributed by atoms with van der Waals surface area (Å²) in [7, 11) is 0. The maximum Gasteiger partial charge on any atom is 0.266 e. The third kappa shape index (κ3) is 2.43. The molecule has 1 heterocycles. The van der Waals surface area contributed by atoms with Crippen LogP contribution in [0.3, 0.4) is 0 Å². The molecule has 0 unspecified atom stereocenters. The van der Waals surface area contributed by atoms with Crippen LogP contribution in [0.1, 0.15) is 17.6 Å². The average Bonchev–Trinajstić information content (AvgIpc) is 2.03. The van der Waals surface area contributed by atoms with E-state index in [0.717, 1.165) is 6.07 Å². The van der Waals surface area contributed by atoms with Crippen LogP contribution in [0.25, 0.3) is 0 Å².